The van der Waals surface area contributed by atoms with Crippen LogP contribution in [-0.4, -0.2) is 35.7 Å². The van der Waals surface area contributed by atoms with E-state index in [1.807, 2.05) is 23.9 Å². The molecular formula is C12H16N2O2S. The van der Waals surface area contributed by atoms with Gasteiger partial charge in [0.05, 0.1) is 0 Å². The molecule has 0 spiro atoms. The van der Waals surface area contributed by atoms with Gasteiger partial charge in [0.2, 0.25) is 0 Å². The van der Waals surface area contributed by atoms with E-state index in [0.717, 1.165) is 30.3 Å². The van der Waals surface area contributed by atoms with Crippen molar-refractivity contribution in [2.75, 3.05) is 29.5 Å². The summed E-state index contributed by atoms with van der Waals surface area (Å²) < 4.78 is 0. The van der Waals surface area contributed by atoms with Crippen LogP contribution in [0, 0.1) is 0 Å². The number of hydrogen-bond acceptors (Lipinski definition) is 4. The Kier molecular flexibility index (Phi) is 3.91. The summed E-state index contributed by atoms with van der Waals surface area (Å²) in [6.45, 7) is 2.10. The molecule has 0 amide bonds. The number of carbonyl (C=O) groups is 1. The molecule has 0 bridgehead atoms. The minimum Gasteiger partial charge on any atom is -0.480 e. The normalized spacial score (nSPS) is 17.8. The van der Waals surface area contributed by atoms with E-state index < -0.39 is 12.0 Å². The Morgan fingerprint density at radius 1 is 1.29 bits per heavy atom. The third kappa shape index (κ3) is 2.92. The van der Waals surface area contributed by atoms with Gasteiger partial charge in [-0.25, -0.2) is 0 Å². The quantitative estimate of drug-likeness (QED) is 0.849. The minimum absolute atomic E-state index is 0.646. The molecule has 1 aromatic rings. The van der Waals surface area contributed by atoms with E-state index >= 15 is 0 Å². The molecule has 1 saturated heterocycles. The Morgan fingerprint density at radius 3 is 2.41 bits per heavy atom. The van der Waals surface area contributed by atoms with E-state index in [1.54, 1.807) is 12.1 Å². The number of thioether (sulfide) groups is 1. The number of nitrogens with zero attached hydrogens (tertiary/aromatic N) is 1. The van der Waals surface area contributed by atoms with Gasteiger partial charge in [-0.1, -0.05) is 12.1 Å². The first kappa shape index (κ1) is 12.3. The molecule has 1 fully saturated rings. The first-order chi connectivity index (χ1) is 8.18. The lowest BCUT2D eigenvalue weighted by atomic mass is 10.1. The number of carboxylic acids is 1. The van der Waals surface area contributed by atoms with Gasteiger partial charge in [0.1, 0.15) is 6.04 Å². The molecule has 1 aliphatic rings. The summed E-state index contributed by atoms with van der Waals surface area (Å²) in [7, 11) is 0. The third-order valence-corrected chi connectivity index (χ3v) is 3.84. The van der Waals surface area contributed by atoms with Crippen LogP contribution in [0.25, 0.3) is 0 Å². The molecule has 1 unspecified atom stereocenters. The fourth-order valence-corrected chi connectivity index (χ4v) is 2.76. The smallest absolute Gasteiger partial charge is 0.325 e. The maximum atomic E-state index is 10.7. The molecule has 92 valence electrons. The van der Waals surface area contributed by atoms with Gasteiger partial charge < -0.3 is 15.7 Å². The number of rotatable bonds is 3. The van der Waals surface area contributed by atoms with Crippen LogP contribution in [0.1, 0.15) is 11.6 Å². The summed E-state index contributed by atoms with van der Waals surface area (Å²) in [4.78, 5) is 13.1. The molecule has 0 saturated carbocycles. The summed E-state index contributed by atoms with van der Waals surface area (Å²) in [5.74, 6) is 1.30. The topological polar surface area (TPSA) is 66.6 Å². The average Bonchev–Trinajstić information content (AvgIpc) is 2.39. The molecule has 1 aromatic carbocycles. The van der Waals surface area contributed by atoms with Gasteiger partial charge in [-0.05, 0) is 17.7 Å². The van der Waals surface area contributed by atoms with Crippen molar-refractivity contribution in [3.8, 4) is 0 Å². The lowest BCUT2D eigenvalue weighted by Gasteiger charge is -2.28. The van der Waals surface area contributed by atoms with Gasteiger partial charge in [0, 0.05) is 30.3 Å². The zero-order valence-corrected chi connectivity index (χ0v) is 10.3. The van der Waals surface area contributed by atoms with Crippen molar-refractivity contribution >= 4 is 23.4 Å². The van der Waals surface area contributed by atoms with E-state index in [1.165, 1.54) is 0 Å². The zero-order chi connectivity index (χ0) is 12.3. The van der Waals surface area contributed by atoms with Crippen molar-refractivity contribution < 1.29 is 9.90 Å². The summed E-state index contributed by atoms with van der Waals surface area (Å²) in [6.07, 6.45) is 0. The van der Waals surface area contributed by atoms with Crippen LogP contribution in [0.3, 0.4) is 0 Å². The van der Waals surface area contributed by atoms with Crippen LogP contribution < -0.4 is 10.6 Å². The van der Waals surface area contributed by atoms with Crippen LogP contribution in [0.5, 0.6) is 0 Å². The van der Waals surface area contributed by atoms with Gasteiger partial charge in [0.15, 0.2) is 0 Å². The van der Waals surface area contributed by atoms with Gasteiger partial charge in [0.25, 0.3) is 0 Å². The van der Waals surface area contributed by atoms with Crippen LogP contribution in [0.2, 0.25) is 0 Å². The van der Waals surface area contributed by atoms with Crippen molar-refractivity contribution in [2.24, 2.45) is 5.73 Å². The molecule has 0 radical (unpaired) electrons. The second kappa shape index (κ2) is 5.42. The van der Waals surface area contributed by atoms with Crippen molar-refractivity contribution in [1.29, 1.82) is 0 Å². The fraction of sp³-hybridized carbons (Fsp3) is 0.417. The summed E-state index contributed by atoms with van der Waals surface area (Å²) in [5.41, 5.74) is 7.34. The van der Waals surface area contributed by atoms with Crippen molar-refractivity contribution in [1.82, 2.24) is 0 Å². The highest BCUT2D eigenvalue weighted by atomic mass is 32.2. The lowest BCUT2D eigenvalue weighted by molar-refractivity contribution is -0.138. The largest absolute Gasteiger partial charge is 0.480 e. The Morgan fingerprint density at radius 2 is 1.88 bits per heavy atom. The third-order valence-electron chi connectivity index (χ3n) is 2.89. The van der Waals surface area contributed by atoms with Gasteiger partial charge in [-0.15, -0.1) is 0 Å². The Bertz CT molecular complexity index is 388. The Labute approximate surface area is 105 Å². The van der Waals surface area contributed by atoms with E-state index in [2.05, 4.69) is 4.90 Å². The van der Waals surface area contributed by atoms with Crippen LogP contribution in [-0.2, 0) is 4.79 Å². The van der Waals surface area contributed by atoms with Crippen LogP contribution >= 0.6 is 11.8 Å². The fourth-order valence-electron chi connectivity index (χ4n) is 1.86. The summed E-state index contributed by atoms with van der Waals surface area (Å²) in [6, 6.07) is 6.58. The van der Waals surface area contributed by atoms with Gasteiger partial charge in [-0.3, -0.25) is 4.79 Å². The van der Waals surface area contributed by atoms with E-state index in [0.29, 0.717) is 5.56 Å². The van der Waals surface area contributed by atoms with Crippen molar-refractivity contribution in [3.05, 3.63) is 29.8 Å². The monoisotopic (exact) mass is 252 g/mol. The number of nitrogens with two attached hydrogens (primary N) is 1. The standard InChI is InChI=1S/C12H16N2O2S/c13-11(12(15)16)9-1-3-10(4-2-9)14-5-7-17-8-6-14/h1-4,11H,5-8,13H2,(H,15,16). The van der Waals surface area contributed by atoms with Gasteiger partial charge >= 0.3 is 5.97 Å². The second-order valence-corrected chi connectivity index (χ2v) is 5.23. The minimum atomic E-state index is -0.993. The summed E-state index contributed by atoms with van der Waals surface area (Å²) >= 11 is 1.97. The van der Waals surface area contributed by atoms with Crippen LogP contribution in [0.4, 0.5) is 5.69 Å². The molecule has 1 atom stereocenters. The number of aliphatic carboxylic acids is 1. The number of carboxylic acid groups (broad SMARTS) is 1. The predicted molar refractivity (Wildman–Crippen MR) is 70.5 cm³/mol. The number of hydrogen-bond donors (Lipinski definition) is 2. The molecule has 0 aromatic heterocycles. The molecule has 4 nitrogen and oxygen atoms in total. The Balaban J connectivity index is 2.09. The van der Waals surface area contributed by atoms with Crippen LogP contribution in [0.15, 0.2) is 24.3 Å². The molecule has 5 heteroatoms. The van der Waals surface area contributed by atoms with E-state index in [4.69, 9.17) is 10.8 Å². The zero-order valence-electron chi connectivity index (χ0n) is 9.50. The number of benzene rings is 1. The second-order valence-electron chi connectivity index (χ2n) is 4.01. The number of anilines is 1. The lowest BCUT2D eigenvalue weighted by Crippen LogP contribution is -2.32. The molecule has 3 N–H and O–H groups in total. The average molecular weight is 252 g/mol. The molecular weight excluding hydrogens is 236 g/mol. The highest BCUT2D eigenvalue weighted by Crippen LogP contribution is 2.21. The van der Waals surface area contributed by atoms with Crippen molar-refractivity contribution in [2.45, 2.75) is 6.04 Å². The van der Waals surface area contributed by atoms with Gasteiger partial charge in [-0.2, -0.15) is 11.8 Å². The SMILES string of the molecule is NC(C(=O)O)c1ccc(N2CCSCC2)cc1. The molecule has 1 aliphatic heterocycles. The van der Waals surface area contributed by atoms with E-state index in [9.17, 15) is 4.79 Å². The van der Waals surface area contributed by atoms with E-state index in [-0.39, 0.29) is 0 Å². The maximum Gasteiger partial charge on any atom is 0.325 e. The first-order valence-corrected chi connectivity index (χ1v) is 6.75. The molecule has 2 rings (SSSR count). The predicted octanol–water partition coefficient (Wildman–Crippen LogP) is 1.32. The maximum absolute atomic E-state index is 10.7. The first-order valence-electron chi connectivity index (χ1n) is 5.59. The van der Waals surface area contributed by atoms with Crippen molar-refractivity contribution in [3.63, 3.8) is 0 Å². The highest BCUT2D eigenvalue weighted by molar-refractivity contribution is 7.99. The molecule has 1 heterocycles. The molecule has 0 aliphatic carbocycles. The summed E-state index contributed by atoms with van der Waals surface area (Å²) in [5, 5.41) is 8.82. The highest BCUT2D eigenvalue weighted by Gasteiger charge is 2.15. The Hall–Kier alpha value is -1.20. The molecule has 17 heavy (non-hydrogen) atoms.